The van der Waals surface area contributed by atoms with Gasteiger partial charge in [-0.2, -0.15) is 5.10 Å². The van der Waals surface area contributed by atoms with E-state index in [0.717, 1.165) is 18.2 Å². The number of anilines is 3. The third-order valence-corrected chi connectivity index (χ3v) is 6.07. The minimum atomic E-state index is -4.14. The predicted molar refractivity (Wildman–Crippen MR) is 116 cm³/mol. The van der Waals surface area contributed by atoms with Crippen molar-refractivity contribution in [1.82, 2.24) is 15.4 Å². The molecule has 32 heavy (non-hydrogen) atoms. The van der Waals surface area contributed by atoms with E-state index in [1.54, 1.807) is 12.1 Å². The average Bonchev–Trinajstić information content (AvgIpc) is 3.39. The monoisotopic (exact) mass is 461 g/mol. The van der Waals surface area contributed by atoms with Gasteiger partial charge in [0.15, 0.2) is 28.8 Å². The fourth-order valence-corrected chi connectivity index (χ4v) is 4.08. The Bertz CT molecular complexity index is 1380. The van der Waals surface area contributed by atoms with Gasteiger partial charge in [0, 0.05) is 17.8 Å². The summed E-state index contributed by atoms with van der Waals surface area (Å²) in [5.41, 5.74) is 1.81. The molecular formula is C20H20FN5O5S. The lowest BCUT2D eigenvalue weighted by atomic mass is 10.2. The highest BCUT2D eigenvalue weighted by atomic mass is 32.2. The molecule has 2 aromatic carbocycles. The first kappa shape index (κ1) is 21.4. The highest BCUT2D eigenvalue weighted by Gasteiger charge is 2.22. The molecule has 0 amide bonds. The number of aryl methyl sites for hydroxylation is 1. The van der Waals surface area contributed by atoms with Gasteiger partial charge in [-0.15, -0.1) is 0 Å². The lowest BCUT2D eigenvalue weighted by Gasteiger charge is -2.10. The summed E-state index contributed by atoms with van der Waals surface area (Å²) in [5, 5.41) is 14.4. The number of aromatic nitrogens is 3. The fraction of sp³-hybridized carbons (Fsp3) is 0.200. The van der Waals surface area contributed by atoms with Crippen LogP contribution in [0.2, 0.25) is 0 Å². The SMILES string of the molecule is CCc1cc(Nc2cc3onc(NS(=O)(=O)c4ccc(OC)c(F)c4)c3cc2OC)n[nH]1. The van der Waals surface area contributed by atoms with Crippen LogP contribution in [0.3, 0.4) is 0 Å². The Labute approximate surface area is 182 Å². The van der Waals surface area contributed by atoms with Crippen LogP contribution in [-0.4, -0.2) is 38.0 Å². The summed E-state index contributed by atoms with van der Waals surface area (Å²) in [6, 6.07) is 8.37. The van der Waals surface area contributed by atoms with Crippen molar-refractivity contribution >= 4 is 38.3 Å². The van der Waals surface area contributed by atoms with Crippen LogP contribution in [0.1, 0.15) is 12.6 Å². The summed E-state index contributed by atoms with van der Waals surface area (Å²) in [5.74, 6) is 0.0687. The van der Waals surface area contributed by atoms with Crippen LogP contribution in [0.4, 0.5) is 21.7 Å². The van der Waals surface area contributed by atoms with Crippen molar-refractivity contribution in [1.29, 1.82) is 0 Å². The topological polar surface area (TPSA) is 131 Å². The van der Waals surface area contributed by atoms with Crippen LogP contribution < -0.4 is 19.5 Å². The number of aromatic amines is 1. The predicted octanol–water partition coefficient (Wildman–Crippen LogP) is 3.81. The molecule has 0 radical (unpaired) electrons. The van der Waals surface area contributed by atoms with E-state index >= 15 is 0 Å². The van der Waals surface area contributed by atoms with Gasteiger partial charge >= 0.3 is 0 Å². The largest absolute Gasteiger partial charge is 0.495 e. The van der Waals surface area contributed by atoms with E-state index in [2.05, 4.69) is 25.4 Å². The molecule has 0 bridgehead atoms. The fourth-order valence-electron chi connectivity index (χ4n) is 3.05. The van der Waals surface area contributed by atoms with E-state index in [0.29, 0.717) is 28.2 Å². The van der Waals surface area contributed by atoms with Crippen molar-refractivity contribution in [2.75, 3.05) is 24.3 Å². The van der Waals surface area contributed by atoms with E-state index in [1.807, 2.05) is 13.0 Å². The van der Waals surface area contributed by atoms with Crippen LogP contribution in [0, 0.1) is 5.82 Å². The van der Waals surface area contributed by atoms with Gasteiger partial charge in [-0.25, -0.2) is 12.8 Å². The lowest BCUT2D eigenvalue weighted by Crippen LogP contribution is -2.13. The van der Waals surface area contributed by atoms with Crippen molar-refractivity contribution in [3.63, 3.8) is 0 Å². The Hall–Kier alpha value is -3.80. The van der Waals surface area contributed by atoms with E-state index in [-0.39, 0.29) is 16.5 Å². The molecule has 4 rings (SSSR count). The van der Waals surface area contributed by atoms with Gasteiger partial charge in [-0.1, -0.05) is 12.1 Å². The van der Waals surface area contributed by atoms with E-state index in [1.165, 1.54) is 26.4 Å². The number of hydrogen-bond acceptors (Lipinski definition) is 8. The minimum Gasteiger partial charge on any atom is -0.495 e. The van der Waals surface area contributed by atoms with Gasteiger partial charge in [0.05, 0.1) is 30.2 Å². The number of methoxy groups -OCH3 is 2. The van der Waals surface area contributed by atoms with Crippen LogP contribution in [0.5, 0.6) is 11.5 Å². The molecule has 0 unspecified atom stereocenters. The number of ether oxygens (including phenoxy) is 2. The molecule has 0 spiro atoms. The Morgan fingerprint density at radius 2 is 1.91 bits per heavy atom. The molecule has 2 heterocycles. The highest BCUT2D eigenvalue weighted by molar-refractivity contribution is 7.92. The third kappa shape index (κ3) is 4.04. The first-order valence-corrected chi connectivity index (χ1v) is 11.0. The Kier molecular flexibility index (Phi) is 5.61. The molecule has 2 aromatic heterocycles. The summed E-state index contributed by atoms with van der Waals surface area (Å²) in [6.07, 6.45) is 0.800. The number of benzene rings is 2. The van der Waals surface area contributed by atoms with Crippen molar-refractivity contribution in [3.05, 3.63) is 47.9 Å². The Balaban J connectivity index is 1.66. The lowest BCUT2D eigenvalue weighted by molar-refractivity contribution is 0.385. The zero-order chi connectivity index (χ0) is 22.9. The van der Waals surface area contributed by atoms with Crippen molar-refractivity contribution in [3.8, 4) is 11.5 Å². The second-order valence-electron chi connectivity index (χ2n) is 6.74. The molecule has 4 aromatic rings. The summed E-state index contributed by atoms with van der Waals surface area (Å²) in [7, 11) is -1.37. The zero-order valence-corrected chi connectivity index (χ0v) is 18.2. The van der Waals surface area contributed by atoms with Crippen molar-refractivity contribution in [2.45, 2.75) is 18.2 Å². The van der Waals surface area contributed by atoms with Gasteiger partial charge in [-0.3, -0.25) is 9.82 Å². The zero-order valence-electron chi connectivity index (χ0n) is 17.4. The third-order valence-electron chi connectivity index (χ3n) is 4.73. The van der Waals surface area contributed by atoms with Gasteiger partial charge in [0.1, 0.15) is 5.75 Å². The summed E-state index contributed by atoms with van der Waals surface area (Å²) < 4.78 is 57.3. The molecule has 0 saturated heterocycles. The maximum atomic E-state index is 14.0. The van der Waals surface area contributed by atoms with Gasteiger partial charge in [0.2, 0.25) is 0 Å². The number of fused-ring (bicyclic) bond motifs is 1. The van der Waals surface area contributed by atoms with Crippen LogP contribution in [0.15, 0.2) is 45.8 Å². The molecule has 0 aliphatic carbocycles. The Morgan fingerprint density at radius 1 is 1.12 bits per heavy atom. The molecule has 0 saturated carbocycles. The maximum absolute atomic E-state index is 14.0. The van der Waals surface area contributed by atoms with E-state index < -0.39 is 15.8 Å². The molecule has 0 fully saturated rings. The molecule has 0 atom stereocenters. The number of nitrogens with zero attached hydrogens (tertiary/aromatic N) is 2. The molecule has 3 N–H and O–H groups in total. The number of H-pyrrole nitrogens is 1. The summed E-state index contributed by atoms with van der Waals surface area (Å²) in [4.78, 5) is -0.289. The van der Waals surface area contributed by atoms with Crippen molar-refractivity contribution < 1.29 is 26.8 Å². The number of hydrogen-bond donors (Lipinski definition) is 3. The number of sulfonamides is 1. The molecule has 0 aliphatic rings. The van der Waals surface area contributed by atoms with Crippen LogP contribution in [-0.2, 0) is 16.4 Å². The van der Waals surface area contributed by atoms with E-state index in [9.17, 15) is 12.8 Å². The van der Waals surface area contributed by atoms with Gasteiger partial charge in [-0.05, 0) is 30.7 Å². The molecule has 12 heteroatoms. The average molecular weight is 461 g/mol. The quantitative estimate of drug-likeness (QED) is 0.361. The summed E-state index contributed by atoms with van der Waals surface area (Å²) >= 11 is 0. The first-order chi connectivity index (χ1) is 15.3. The minimum absolute atomic E-state index is 0.0610. The van der Waals surface area contributed by atoms with Crippen molar-refractivity contribution in [2.24, 2.45) is 0 Å². The standard InChI is InChI=1S/C20H20FN5O5S/c1-4-11-7-19(24-23-11)22-15-10-17-13(9-18(15)30-3)20(25-31-17)26-32(27,28)12-5-6-16(29-2)14(21)8-12/h5-10H,4H2,1-3H3,(H,25,26)(H2,22,23,24). The molecule has 168 valence electrons. The second-order valence-corrected chi connectivity index (χ2v) is 8.42. The second kappa shape index (κ2) is 8.38. The summed E-state index contributed by atoms with van der Waals surface area (Å²) in [6.45, 7) is 2.00. The highest BCUT2D eigenvalue weighted by Crippen LogP contribution is 2.36. The number of rotatable bonds is 8. The smallest absolute Gasteiger partial charge is 0.263 e. The first-order valence-electron chi connectivity index (χ1n) is 9.49. The molecule has 10 nitrogen and oxygen atoms in total. The number of nitrogens with one attached hydrogen (secondary N) is 3. The van der Waals surface area contributed by atoms with Gasteiger partial charge < -0.3 is 19.3 Å². The van der Waals surface area contributed by atoms with Crippen LogP contribution >= 0.6 is 0 Å². The molecule has 0 aliphatic heterocycles. The maximum Gasteiger partial charge on any atom is 0.263 e. The van der Waals surface area contributed by atoms with Crippen LogP contribution in [0.25, 0.3) is 11.0 Å². The van der Waals surface area contributed by atoms with Gasteiger partial charge in [0.25, 0.3) is 10.0 Å². The number of halogens is 1. The molecular weight excluding hydrogens is 441 g/mol. The Morgan fingerprint density at radius 3 is 2.56 bits per heavy atom. The van der Waals surface area contributed by atoms with E-state index in [4.69, 9.17) is 14.0 Å². The normalized spacial score (nSPS) is 11.5.